The van der Waals surface area contributed by atoms with E-state index < -0.39 is 26.0 Å². The van der Waals surface area contributed by atoms with Gasteiger partial charge in [0.15, 0.2) is 0 Å². The van der Waals surface area contributed by atoms with Crippen molar-refractivity contribution in [1.82, 2.24) is 0 Å². The number of halogens is 1. The van der Waals surface area contributed by atoms with Crippen LogP contribution >= 0.6 is 15.9 Å². The van der Waals surface area contributed by atoms with Gasteiger partial charge in [0, 0.05) is 21.4 Å². The average Bonchev–Trinajstić information content (AvgIpc) is 2.87. The molecule has 4 rings (SSSR count). The standard InChI is InChI=1S/C28H26BrN3O5S2/c1-18-4-15-26(20(3)16-18)32-39(36,37)27-17-21(6-5-19(27)2)28(33)30-23-11-13-25(14-12-23)38(34,35)31-24-9-7-22(29)8-10-24/h4-17,31-32H,1-3H3,(H,30,33). The third-order valence-electron chi connectivity index (χ3n) is 5.89. The van der Waals surface area contributed by atoms with Gasteiger partial charge in [-0.25, -0.2) is 16.8 Å². The molecule has 0 aliphatic carbocycles. The van der Waals surface area contributed by atoms with Crippen LogP contribution in [-0.4, -0.2) is 22.7 Å². The highest BCUT2D eigenvalue weighted by Gasteiger charge is 2.21. The third-order valence-corrected chi connectivity index (χ3v) is 9.32. The lowest BCUT2D eigenvalue weighted by molar-refractivity contribution is 0.102. The fraction of sp³-hybridized carbons (Fsp3) is 0.107. The fourth-order valence-electron chi connectivity index (χ4n) is 3.81. The summed E-state index contributed by atoms with van der Waals surface area (Å²) in [6.07, 6.45) is 0. The van der Waals surface area contributed by atoms with Crippen molar-refractivity contribution >= 4 is 58.9 Å². The number of aryl methyl sites for hydroxylation is 3. The minimum absolute atomic E-state index is 0.0180. The SMILES string of the molecule is Cc1ccc(NS(=O)(=O)c2cc(C(=O)Nc3ccc(S(=O)(=O)Nc4ccc(Br)cc4)cc3)ccc2C)c(C)c1. The highest BCUT2D eigenvalue weighted by molar-refractivity contribution is 9.10. The van der Waals surface area contributed by atoms with Crippen molar-refractivity contribution in [3.05, 3.63) is 112 Å². The number of hydrogen-bond acceptors (Lipinski definition) is 5. The zero-order valence-electron chi connectivity index (χ0n) is 21.3. The second kappa shape index (κ2) is 11.2. The predicted octanol–water partition coefficient (Wildman–Crippen LogP) is 6.23. The van der Waals surface area contributed by atoms with Crippen molar-refractivity contribution in [2.75, 3.05) is 14.8 Å². The molecule has 0 spiro atoms. The number of amides is 1. The second-order valence-corrected chi connectivity index (χ2v) is 13.2. The Morgan fingerprint density at radius 3 is 1.95 bits per heavy atom. The summed E-state index contributed by atoms with van der Waals surface area (Å²) >= 11 is 3.30. The van der Waals surface area contributed by atoms with Gasteiger partial charge >= 0.3 is 0 Å². The molecule has 8 nitrogen and oxygen atoms in total. The van der Waals surface area contributed by atoms with Crippen LogP contribution in [0.15, 0.2) is 99.2 Å². The second-order valence-electron chi connectivity index (χ2n) is 9.00. The monoisotopic (exact) mass is 627 g/mol. The number of nitrogens with one attached hydrogen (secondary N) is 3. The fourth-order valence-corrected chi connectivity index (χ4v) is 6.54. The first kappa shape index (κ1) is 28.3. The number of anilines is 3. The van der Waals surface area contributed by atoms with Crippen LogP contribution in [0.3, 0.4) is 0 Å². The molecule has 0 bridgehead atoms. The van der Waals surface area contributed by atoms with Crippen molar-refractivity contribution in [3.8, 4) is 0 Å². The number of sulfonamides is 2. The van der Waals surface area contributed by atoms with Gasteiger partial charge in [-0.2, -0.15) is 0 Å². The maximum atomic E-state index is 13.2. The molecular weight excluding hydrogens is 602 g/mol. The number of carbonyl (C=O) groups excluding carboxylic acids is 1. The van der Waals surface area contributed by atoms with E-state index in [0.717, 1.165) is 15.6 Å². The Bertz CT molecular complexity index is 1750. The van der Waals surface area contributed by atoms with Gasteiger partial charge in [-0.3, -0.25) is 14.2 Å². The van der Waals surface area contributed by atoms with Crippen molar-refractivity contribution in [2.24, 2.45) is 0 Å². The molecule has 0 aliphatic rings. The van der Waals surface area contributed by atoms with Gasteiger partial charge in [0.2, 0.25) is 0 Å². The smallest absolute Gasteiger partial charge is 0.262 e. The van der Waals surface area contributed by atoms with Crippen LogP contribution in [0.4, 0.5) is 17.1 Å². The van der Waals surface area contributed by atoms with Gasteiger partial charge in [0.05, 0.1) is 15.5 Å². The normalized spacial score (nSPS) is 11.6. The van der Waals surface area contributed by atoms with Gasteiger partial charge in [-0.15, -0.1) is 0 Å². The van der Waals surface area contributed by atoms with Crippen molar-refractivity contribution < 1.29 is 21.6 Å². The zero-order valence-corrected chi connectivity index (χ0v) is 24.5. The first-order chi connectivity index (χ1) is 18.3. The first-order valence-corrected chi connectivity index (χ1v) is 15.5. The van der Waals surface area contributed by atoms with Crippen LogP contribution in [0, 0.1) is 20.8 Å². The van der Waals surface area contributed by atoms with Crippen LogP contribution in [-0.2, 0) is 20.0 Å². The van der Waals surface area contributed by atoms with Crippen LogP contribution in [0.2, 0.25) is 0 Å². The van der Waals surface area contributed by atoms with Crippen LogP contribution in [0.1, 0.15) is 27.0 Å². The predicted molar refractivity (Wildman–Crippen MR) is 157 cm³/mol. The van der Waals surface area contributed by atoms with Crippen LogP contribution < -0.4 is 14.8 Å². The van der Waals surface area contributed by atoms with E-state index in [1.165, 1.54) is 36.4 Å². The lowest BCUT2D eigenvalue weighted by Gasteiger charge is -2.14. The van der Waals surface area contributed by atoms with E-state index in [1.54, 1.807) is 43.3 Å². The number of carbonyl (C=O) groups is 1. The van der Waals surface area contributed by atoms with E-state index in [9.17, 15) is 21.6 Å². The quantitative estimate of drug-likeness (QED) is 0.214. The Labute approximate surface area is 236 Å². The summed E-state index contributed by atoms with van der Waals surface area (Å²) in [5.41, 5.74) is 3.62. The van der Waals surface area contributed by atoms with E-state index in [1.807, 2.05) is 26.0 Å². The summed E-state index contributed by atoms with van der Waals surface area (Å²) in [6, 6.07) is 22.2. The molecule has 39 heavy (non-hydrogen) atoms. The molecule has 0 unspecified atom stereocenters. The number of rotatable bonds is 8. The third kappa shape index (κ3) is 6.86. The summed E-state index contributed by atoms with van der Waals surface area (Å²) in [5.74, 6) is -0.540. The van der Waals surface area contributed by atoms with Crippen molar-refractivity contribution in [3.63, 3.8) is 0 Å². The summed E-state index contributed by atoms with van der Waals surface area (Å²) in [5, 5.41) is 2.68. The lowest BCUT2D eigenvalue weighted by Crippen LogP contribution is -2.17. The van der Waals surface area contributed by atoms with Crippen molar-refractivity contribution in [1.29, 1.82) is 0 Å². The molecule has 0 saturated heterocycles. The maximum absolute atomic E-state index is 13.2. The highest BCUT2D eigenvalue weighted by atomic mass is 79.9. The van der Waals surface area contributed by atoms with Gasteiger partial charge in [-0.05, 0) is 98.6 Å². The summed E-state index contributed by atoms with van der Waals surface area (Å²) in [4.78, 5) is 12.9. The minimum atomic E-state index is -3.96. The van der Waals surface area contributed by atoms with E-state index in [2.05, 4.69) is 30.7 Å². The molecule has 0 aromatic heterocycles. The Morgan fingerprint density at radius 1 is 0.667 bits per heavy atom. The first-order valence-electron chi connectivity index (χ1n) is 11.7. The molecule has 0 fully saturated rings. The molecule has 0 saturated carbocycles. The summed E-state index contributed by atoms with van der Waals surface area (Å²) in [7, 11) is -7.80. The molecule has 3 N–H and O–H groups in total. The summed E-state index contributed by atoms with van der Waals surface area (Å²) in [6.45, 7) is 5.39. The van der Waals surface area contributed by atoms with Crippen molar-refractivity contribution in [2.45, 2.75) is 30.6 Å². The largest absolute Gasteiger partial charge is 0.322 e. The van der Waals surface area contributed by atoms with E-state index >= 15 is 0 Å². The van der Waals surface area contributed by atoms with Crippen LogP contribution in [0.25, 0.3) is 0 Å². The zero-order chi connectivity index (χ0) is 28.4. The van der Waals surface area contributed by atoms with Gasteiger partial charge in [0.1, 0.15) is 0 Å². The minimum Gasteiger partial charge on any atom is -0.322 e. The maximum Gasteiger partial charge on any atom is 0.262 e. The molecule has 4 aromatic carbocycles. The average molecular weight is 629 g/mol. The number of benzene rings is 4. The number of hydrogen-bond donors (Lipinski definition) is 3. The van der Waals surface area contributed by atoms with Gasteiger partial charge < -0.3 is 5.32 Å². The Morgan fingerprint density at radius 2 is 1.31 bits per heavy atom. The van der Waals surface area contributed by atoms with Gasteiger partial charge in [0.25, 0.3) is 26.0 Å². The van der Waals surface area contributed by atoms with Gasteiger partial charge in [-0.1, -0.05) is 39.7 Å². The molecule has 1 amide bonds. The summed E-state index contributed by atoms with van der Waals surface area (Å²) < 4.78 is 57.6. The highest BCUT2D eigenvalue weighted by Crippen LogP contribution is 2.25. The topological polar surface area (TPSA) is 121 Å². The molecule has 202 valence electrons. The van der Waals surface area contributed by atoms with Crippen LogP contribution in [0.5, 0.6) is 0 Å². The Kier molecular flexibility index (Phi) is 8.15. The molecular formula is C28H26BrN3O5S2. The molecule has 11 heteroatoms. The molecule has 0 aliphatic heterocycles. The molecule has 0 atom stereocenters. The molecule has 0 heterocycles. The molecule has 4 aromatic rings. The van der Waals surface area contributed by atoms with E-state index in [0.29, 0.717) is 22.6 Å². The van der Waals surface area contributed by atoms with E-state index in [4.69, 9.17) is 0 Å². The Balaban J connectivity index is 1.50. The molecule has 0 radical (unpaired) electrons. The lowest BCUT2D eigenvalue weighted by atomic mass is 10.1. The van der Waals surface area contributed by atoms with E-state index in [-0.39, 0.29) is 15.4 Å². The Hall–Kier alpha value is -3.67.